The minimum atomic E-state index is -3.93. The topological polar surface area (TPSA) is 64.8 Å². The Kier molecular flexibility index (Phi) is 4.36. The molecule has 0 N–H and O–H groups in total. The van der Waals surface area contributed by atoms with Crippen molar-refractivity contribution in [1.29, 1.82) is 0 Å². The van der Waals surface area contributed by atoms with Crippen LogP contribution in [0.25, 0.3) is 11.4 Å². The van der Waals surface area contributed by atoms with Gasteiger partial charge < -0.3 is 0 Å². The highest BCUT2D eigenvalue weighted by Crippen LogP contribution is 2.26. The van der Waals surface area contributed by atoms with Gasteiger partial charge in [-0.1, -0.05) is 18.5 Å². The zero-order valence-corrected chi connectivity index (χ0v) is 13.3. The maximum absolute atomic E-state index is 11.5. The molecule has 2 rings (SSSR count). The van der Waals surface area contributed by atoms with E-state index in [0.29, 0.717) is 23.0 Å². The van der Waals surface area contributed by atoms with E-state index in [2.05, 4.69) is 10.2 Å². The molecule has 108 valence electrons. The molecule has 0 fully saturated rings. The zero-order valence-electron chi connectivity index (χ0n) is 11.0. The van der Waals surface area contributed by atoms with Crippen LogP contribution in [0.15, 0.2) is 23.4 Å². The molecule has 0 atom stereocenters. The molecule has 8 heteroatoms. The third-order valence-electron chi connectivity index (χ3n) is 2.68. The Balaban J connectivity index is 2.65. The minimum absolute atomic E-state index is 0.242. The van der Waals surface area contributed by atoms with Crippen molar-refractivity contribution in [3.05, 3.63) is 28.8 Å². The number of nitrogens with zero attached hydrogens (tertiary/aromatic N) is 3. The fourth-order valence-electron chi connectivity index (χ4n) is 1.97. The predicted octanol–water partition coefficient (Wildman–Crippen LogP) is 3.24. The van der Waals surface area contributed by atoms with Gasteiger partial charge in [-0.3, -0.25) is 4.57 Å². The summed E-state index contributed by atoms with van der Waals surface area (Å²) in [7, 11) is 1.45. The molecule has 1 heterocycles. The van der Waals surface area contributed by atoms with E-state index in [9.17, 15) is 8.42 Å². The SMILES string of the molecule is CCCn1c(-c2cc(C)cc(Cl)c2)nnc1S(=O)(=O)Cl. The van der Waals surface area contributed by atoms with Crippen LogP contribution in [-0.4, -0.2) is 23.2 Å². The molecular weight excluding hydrogens is 321 g/mol. The maximum atomic E-state index is 11.5. The molecule has 1 aromatic heterocycles. The van der Waals surface area contributed by atoms with Gasteiger partial charge >= 0.3 is 0 Å². The molecule has 20 heavy (non-hydrogen) atoms. The number of hydrogen-bond acceptors (Lipinski definition) is 4. The van der Waals surface area contributed by atoms with E-state index in [-0.39, 0.29) is 5.16 Å². The van der Waals surface area contributed by atoms with E-state index in [1.165, 1.54) is 4.57 Å². The van der Waals surface area contributed by atoms with Gasteiger partial charge in [0, 0.05) is 27.8 Å². The van der Waals surface area contributed by atoms with Crippen molar-refractivity contribution in [1.82, 2.24) is 14.8 Å². The molecule has 5 nitrogen and oxygen atoms in total. The summed E-state index contributed by atoms with van der Waals surface area (Å²) in [6, 6.07) is 5.40. The van der Waals surface area contributed by atoms with Crippen molar-refractivity contribution in [2.45, 2.75) is 32.0 Å². The van der Waals surface area contributed by atoms with Crippen LogP contribution >= 0.6 is 22.3 Å². The fourth-order valence-corrected chi connectivity index (χ4v) is 3.18. The van der Waals surface area contributed by atoms with Crippen molar-refractivity contribution in [2.75, 3.05) is 0 Å². The first-order chi connectivity index (χ1) is 9.32. The van der Waals surface area contributed by atoms with Crippen molar-refractivity contribution in [2.24, 2.45) is 0 Å². The van der Waals surface area contributed by atoms with Gasteiger partial charge in [0.25, 0.3) is 14.2 Å². The van der Waals surface area contributed by atoms with Gasteiger partial charge in [-0.2, -0.15) is 0 Å². The normalized spacial score (nSPS) is 11.8. The quantitative estimate of drug-likeness (QED) is 0.805. The lowest BCUT2D eigenvalue weighted by Crippen LogP contribution is -2.07. The Morgan fingerprint density at radius 1 is 1.25 bits per heavy atom. The highest BCUT2D eigenvalue weighted by atomic mass is 35.7. The summed E-state index contributed by atoms with van der Waals surface area (Å²) in [5.41, 5.74) is 1.66. The molecule has 0 aliphatic rings. The second-order valence-electron chi connectivity index (χ2n) is 4.41. The number of rotatable bonds is 4. The van der Waals surface area contributed by atoms with Crippen molar-refractivity contribution in [3.63, 3.8) is 0 Å². The molecule has 0 saturated carbocycles. The first-order valence-electron chi connectivity index (χ1n) is 5.98. The zero-order chi connectivity index (χ0) is 14.9. The van der Waals surface area contributed by atoms with E-state index >= 15 is 0 Å². The number of benzene rings is 1. The molecule has 0 spiro atoms. The Morgan fingerprint density at radius 3 is 2.50 bits per heavy atom. The van der Waals surface area contributed by atoms with Crippen LogP contribution < -0.4 is 0 Å². The number of hydrogen-bond donors (Lipinski definition) is 0. The monoisotopic (exact) mass is 333 g/mol. The summed E-state index contributed by atoms with van der Waals surface area (Å²) >= 11 is 6.02. The summed E-state index contributed by atoms with van der Waals surface area (Å²) in [6.45, 7) is 4.28. The van der Waals surface area contributed by atoms with E-state index in [4.69, 9.17) is 22.3 Å². The Bertz CT molecular complexity index is 721. The minimum Gasteiger partial charge on any atom is -0.297 e. The molecule has 1 aromatic carbocycles. The van der Waals surface area contributed by atoms with Crippen molar-refractivity contribution >= 4 is 31.3 Å². The Labute approximate surface area is 127 Å². The molecule has 0 unspecified atom stereocenters. The molecule has 0 bridgehead atoms. The van der Waals surface area contributed by atoms with Gasteiger partial charge in [-0.05, 0) is 37.1 Å². The number of aryl methyl sites for hydroxylation is 1. The molecule has 0 aliphatic carbocycles. The molecule has 0 aliphatic heterocycles. The second kappa shape index (κ2) is 5.71. The summed E-state index contributed by atoms with van der Waals surface area (Å²) in [5.74, 6) is 0.441. The van der Waals surface area contributed by atoms with Crippen molar-refractivity contribution < 1.29 is 8.42 Å². The summed E-state index contributed by atoms with van der Waals surface area (Å²) in [6.07, 6.45) is 0.726. The highest BCUT2D eigenvalue weighted by molar-refractivity contribution is 8.13. The Hall–Kier alpha value is -1.11. The van der Waals surface area contributed by atoms with E-state index in [1.54, 1.807) is 6.07 Å². The smallest absolute Gasteiger partial charge is 0.296 e. The van der Waals surface area contributed by atoms with Crippen LogP contribution in [0.3, 0.4) is 0 Å². The summed E-state index contributed by atoms with van der Waals surface area (Å²) < 4.78 is 24.5. The molecule has 2 aromatic rings. The summed E-state index contributed by atoms with van der Waals surface area (Å²) in [5, 5.41) is 7.95. The van der Waals surface area contributed by atoms with Crippen LogP contribution in [0.4, 0.5) is 0 Å². The molecule has 0 radical (unpaired) electrons. The summed E-state index contributed by atoms with van der Waals surface area (Å²) in [4.78, 5) is 0. The first kappa shape index (κ1) is 15.3. The number of aromatic nitrogens is 3. The van der Waals surface area contributed by atoms with Crippen LogP contribution in [0.1, 0.15) is 18.9 Å². The lowest BCUT2D eigenvalue weighted by atomic mass is 10.1. The lowest BCUT2D eigenvalue weighted by molar-refractivity contribution is 0.570. The molecular formula is C12H13Cl2N3O2S. The second-order valence-corrected chi connectivity index (χ2v) is 7.31. The van der Waals surface area contributed by atoms with Gasteiger partial charge in [-0.25, -0.2) is 8.42 Å². The van der Waals surface area contributed by atoms with Gasteiger partial charge in [-0.15, -0.1) is 10.2 Å². The predicted molar refractivity (Wildman–Crippen MR) is 78.5 cm³/mol. The molecule has 0 amide bonds. The van der Waals surface area contributed by atoms with Gasteiger partial charge in [0.05, 0.1) is 0 Å². The average Bonchev–Trinajstić information content (AvgIpc) is 2.71. The van der Waals surface area contributed by atoms with Gasteiger partial charge in [0.1, 0.15) is 0 Å². The van der Waals surface area contributed by atoms with Crippen LogP contribution in [0.5, 0.6) is 0 Å². The lowest BCUT2D eigenvalue weighted by Gasteiger charge is -2.08. The van der Waals surface area contributed by atoms with Crippen molar-refractivity contribution in [3.8, 4) is 11.4 Å². The Morgan fingerprint density at radius 2 is 1.95 bits per heavy atom. The van der Waals surface area contributed by atoms with Gasteiger partial charge in [0.2, 0.25) is 0 Å². The average molecular weight is 334 g/mol. The van der Waals surface area contributed by atoms with Crippen LogP contribution in [0, 0.1) is 6.92 Å². The standard InChI is InChI=1S/C12H13Cl2N3O2S/c1-3-4-17-11(15-16-12(17)20(14,18)19)9-5-8(2)6-10(13)7-9/h5-7H,3-4H2,1-2H3. The first-order valence-corrected chi connectivity index (χ1v) is 8.67. The largest absolute Gasteiger partial charge is 0.297 e. The van der Waals surface area contributed by atoms with E-state index in [0.717, 1.165) is 12.0 Å². The third kappa shape index (κ3) is 3.13. The van der Waals surface area contributed by atoms with Crippen LogP contribution in [0.2, 0.25) is 5.02 Å². The van der Waals surface area contributed by atoms with E-state index in [1.807, 2.05) is 26.0 Å². The van der Waals surface area contributed by atoms with Crippen LogP contribution in [-0.2, 0) is 15.6 Å². The van der Waals surface area contributed by atoms with Gasteiger partial charge in [0.15, 0.2) is 5.82 Å². The van der Waals surface area contributed by atoms with E-state index < -0.39 is 9.05 Å². The maximum Gasteiger partial charge on any atom is 0.296 e. The molecule has 0 saturated heterocycles. The third-order valence-corrected chi connectivity index (χ3v) is 4.05. The highest BCUT2D eigenvalue weighted by Gasteiger charge is 2.23. The number of halogens is 2. The fraction of sp³-hybridized carbons (Fsp3) is 0.333.